The minimum atomic E-state index is -0.345. The molecule has 150 valence electrons. The van der Waals surface area contributed by atoms with Crippen molar-refractivity contribution >= 4 is 27.8 Å². The molecule has 0 unspecified atom stereocenters. The summed E-state index contributed by atoms with van der Waals surface area (Å²) in [5.41, 5.74) is 0.165. The number of methoxy groups -OCH3 is 1. The van der Waals surface area contributed by atoms with Crippen LogP contribution in [0.5, 0.6) is 0 Å². The van der Waals surface area contributed by atoms with Gasteiger partial charge in [-0.05, 0) is 81.0 Å². The number of hydrogen-bond acceptors (Lipinski definition) is 3. The van der Waals surface area contributed by atoms with Gasteiger partial charge in [-0.15, -0.1) is 0 Å². The highest BCUT2D eigenvalue weighted by Crippen LogP contribution is 2.65. The van der Waals surface area contributed by atoms with Crippen LogP contribution in [0.25, 0.3) is 0 Å². The van der Waals surface area contributed by atoms with E-state index in [0.717, 1.165) is 37.5 Å². The van der Waals surface area contributed by atoms with Gasteiger partial charge < -0.3 is 9.64 Å². The highest BCUT2D eigenvalue weighted by atomic mass is 79.9. The lowest BCUT2D eigenvalue weighted by Gasteiger charge is -2.60. The van der Waals surface area contributed by atoms with Gasteiger partial charge in [0.05, 0.1) is 7.11 Å². The Morgan fingerprint density at radius 2 is 1.78 bits per heavy atom. The molecule has 0 aromatic rings. The summed E-state index contributed by atoms with van der Waals surface area (Å²) < 4.78 is 5.37. The summed E-state index contributed by atoms with van der Waals surface area (Å²) in [6.07, 6.45) is 13.6. The largest absolute Gasteiger partial charge is 0.467 e. The van der Waals surface area contributed by atoms with Gasteiger partial charge in [-0.25, -0.2) is 4.79 Å². The number of esters is 1. The summed E-state index contributed by atoms with van der Waals surface area (Å²) in [6.45, 7) is 0. The SMILES string of the molecule is COC(=O)[C@@H]1C[C@H]2CCCC[C@H]2N1C(=O)CC12C[C@H]3C[C@@H](CC(Br)(C3)C1)C2. The van der Waals surface area contributed by atoms with E-state index >= 15 is 0 Å². The van der Waals surface area contributed by atoms with E-state index in [2.05, 4.69) is 15.9 Å². The molecule has 5 saturated carbocycles. The zero-order valence-electron chi connectivity index (χ0n) is 16.4. The van der Waals surface area contributed by atoms with E-state index in [1.54, 1.807) is 0 Å². The number of amides is 1. The molecule has 1 amide bonds. The smallest absolute Gasteiger partial charge is 0.328 e. The predicted octanol–water partition coefficient (Wildman–Crippen LogP) is 4.44. The van der Waals surface area contributed by atoms with Crippen LogP contribution in [0.15, 0.2) is 0 Å². The number of hydrogen-bond donors (Lipinski definition) is 0. The second-order valence-corrected chi connectivity index (χ2v) is 12.2. The van der Waals surface area contributed by atoms with Gasteiger partial charge in [0, 0.05) is 16.8 Å². The Bertz CT molecular complexity index is 635. The number of carbonyl (C=O) groups is 2. The van der Waals surface area contributed by atoms with Gasteiger partial charge in [0.1, 0.15) is 6.04 Å². The summed E-state index contributed by atoms with van der Waals surface area (Å²) >= 11 is 4.07. The lowest BCUT2D eigenvalue weighted by atomic mass is 9.48. The van der Waals surface area contributed by atoms with Crippen molar-refractivity contribution in [3.63, 3.8) is 0 Å². The van der Waals surface area contributed by atoms with Crippen molar-refractivity contribution in [2.24, 2.45) is 23.2 Å². The fraction of sp³-hybridized carbons (Fsp3) is 0.909. The van der Waals surface area contributed by atoms with Crippen LogP contribution in [0, 0.1) is 23.2 Å². The monoisotopic (exact) mass is 437 g/mol. The zero-order valence-corrected chi connectivity index (χ0v) is 18.0. The van der Waals surface area contributed by atoms with Gasteiger partial charge in [0.15, 0.2) is 0 Å². The summed E-state index contributed by atoms with van der Waals surface area (Å²) in [7, 11) is 1.46. The van der Waals surface area contributed by atoms with Crippen molar-refractivity contribution < 1.29 is 14.3 Å². The van der Waals surface area contributed by atoms with Crippen molar-refractivity contribution in [1.29, 1.82) is 0 Å². The Labute approximate surface area is 170 Å². The first-order chi connectivity index (χ1) is 12.9. The van der Waals surface area contributed by atoms with Crippen LogP contribution in [-0.2, 0) is 14.3 Å². The number of rotatable bonds is 3. The number of carbonyl (C=O) groups excluding carboxylic acids is 2. The Kier molecular flexibility index (Phi) is 4.42. The Morgan fingerprint density at radius 3 is 2.44 bits per heavy atom. The van der Waals surface area contributed by atoms with E-state index < -0.39 is 0 Å². The fourth-order valence-corrected chi connectivity index (χ4v) is 9.63. The molecule has 4 bridgehead atoms. The molecule has 0 spiro atoms. The van der Waals surface area contributed by atoms with Crippen molar-refractivity contribution in [3.8, 4) is 0 Å². The third-order valence-electron chi connectivity index (χ3n) is 8.49. The molecule has 6 fully saturated rings. The first kappa shape index (κ1) is 18.4. The molecule has 1 saturated heterocycles. The molecule has 6 aliphatic rings. The van der Waals surface area contributed by atoms with E-state index in [1.165, 1.54) is 52.1 Å². The third-order valence-corrected chi connectivity index (χ3v) is 9.41. The number of alkyl halides is 1. The predicted molar refractivity (Wildman–Crippen MR) is 106 cm³/mol. The maximum atomic E-state index is 13.6. The zero-order chi connectivity index (χ0) is 18.8. The fourth-order valence-electron chi connectivity index (χ4n) is 8.12. The van der Waals surface area contributed by atoms with Crippen molar-refractivity contribution in [3.05, 3.63) is 0 Å². The second kappa shape index (κ2) is 6.47. The number of ether oxygens (including phenoxy) is 1. The molecule has 6 rings (SSSR count). The molecular formula is C22H32BrNO3. The topological polar surface area (TPSA) is 46.6 Å². The van der Waals surface area contributed by atoms with Crippen LogP contribution < -0.4 is 0 Å². The lowest BCUT2D eigenvalue weighted by molar-refractivity contribution is -0.155. The van der Waals surface area contributed by atoms with Crippen molar-refractivity contribution in [1.82, 2.24) is 4.90 Å². The number of fused-ring (bicyclic) bond motifs is 1. The molecule has 0 aromatic heterocycles. The van der Waals surface area contributed by atoms with E-state index in [0.29, 0.717) is 12.3 Å². The third kappa shape index (κ3) is 3.07. The molecule has 5 aliphatic carbocycles. The molecule has 5 atom stereocenters. The summed E-state index contributed by atoms with van der Waals surface area (Å²) in [4.78, 5) is 28.1. The minimum absolute atomic E-state index is 0.165. The van der Waals surface area contributed by atoms with E-state index in [1.807, 2.05) is 4.90 Å². The van der Waals surface area contributed by atoms with Crippen molar-refractivity contribution in [2.75, 3.05) is 7.11 Å². The average Bonchev–Trinajstić information content (AvgIpc) is 2.98. The standard InChI is InChI=1S/C22H32BrNO3/c1-27-20(26)18-7-16-4-2-3-5-17(16)24(18)19(25)12-21-8-14-6-15(9-21)11-22(23,10-14)13-21/h14-18H,2-13H2,1H3/t14-,15-,16-,17-,18+,21?,22?/m1/s1. The molecule has 0 N–H and O–H groups in total. The van der Waals surface area contributed by atoms with Crippen LogP contribution >= 0.6 is 15.9 Å². The highest BCUT2D eigenvalue weighted by Gasteiger charge is 2.58. The lowest BCUT2D eigenvalue weighted by Crippen LogP contribution is -2.55. The molecule has 27 heavy (non-hydrogen) atoms. The number of likely N-dealkylation sites (tertiary alicyclic amines) is 1. The summed E-state index contributed by atoms with van der Waals surface area (Å²) in [6, 6.07) is -0.0790. The maximum Gasteiger partial charge on any atom is 0.328 e. The van der Waals surface area contributed by atoms with Crippen LogP contribution in [0.4, 0.5) is 0 Å². The van der Waals surface area contributed by atoms with Gasteiger partial charge in [-0.2, -0.15) is 0 Å². The number of nitrogens with zero attached hydrogens (tertiary/aromatic N) is 1. The quantitative estimate of drug-likeness (QED) is 0.484. The molecule has 0 aromatic carbocycles. The minimum Gasteiger partial charge on any atom is -0.467 e. The molecular weight excluding hydrogens is 406 g/mol. The normalized spacial score (nSPS) is 47.8. The Morgan fingerprint density at radius 1 is 1.07 bits per heavy atom. The van der Waals surface area contributed by atoms with Gasteiger partial charge in [-0.3, -0.25) is 4.79 Å². The molecule has 0 radical (unpaired) electrons. The van der Waals surface area contributed by atoms with E-state index in [9.17, 15) is 9.59 Å². The molecule has 4 nitrogen and oxygen atoms in total. The number of halogens is 1. The van der Waals surface area contributed by atoms with Gasteiger partial charge in [0.2, 0.25) is 5.91 Å². The van der Waals surface area contributed by atoms with Crippen LogP contribution in [-0.4, -0.2) is 40.3 Å². The Hall–Kier alpha value is -0.580. The van der Waals surface area contributed by atoms with Crippen LogP contribution in [0.1, 0.15) is 77.0 Å². The van der Waals surface area contributed by atoms with E-state index in [4.69, 9.17) is 4.74 Å². The van der Waals surface area contributed by atoms with Gasteiger partial charge in [-0.1, -0.05) is 28.8 Å². The first-order valence-corrected chi connectivity index (χ1v) is 11.8. The van der Waals surface area contributed by atoms with Gasteiger partial charge >= 0.3 is 5.97 Å². The average molecular weight is 438 g/mol. The summed E-state index contributed by atoms with van der Waals surface area (Å²) in [5.74, 6) is 2.09. The van der Waals surface area contributed by atoms with E-state index in [-0.39, 0.29) is 33.7 Å². The van der Waals surface area contributed by atoms with Crippen molar-refractivity contribution in [2.45, 2.75) is 93.5 Å². The van der Waals surface area contributed by atoms with Crippen LogP contribution in [0.2, 0.25) is 0 Å². The second-order valence-electron chi connectivity index (χ2n) is 10.5. The van der Waals surface area contributed by atoms with Crippen LogP contribution in [0.3, 0.4) is 0 Å². The highest BCUT2D eigenvalue weighted by molar-refractivity contribution is 9.10. The first-order valence-electron chi connectivity index (χ1n) is 11.0. The molecule has 1 heterocycles. The maximum absolute atomic E-state index is 13.6. The molecule has 1 aliphatic heterocycles. The van der Waals surface area contributed by atoms with Gasteiger partial charge in [0.25, 0.3) is 0 Å². The molecule has 5 heteroatoms. The summed E-state index contributed by atoms with van der Waals surface area (Å²) in [5, 5.41) is 0. The Balaban J connectivity index is 1.38.